The van der Waals surface area contributed by atoms with Crippen LogP contribution in [-0.2, 0) is 6.42 Å². The van der Waals surface area contributed by atoms with Gasteiger partial charge < -0.3 is 5.32 Å². The molecule has 2 nitrogen and oxygen atoms in total. The molecule has 0 saturated carbocycles. The van der Waals surface area contributed by atoms with Crippen molar-refractivity contribution < 1.29 is 4.79 Å². The average molecular weight is 348 g/mol. The van der Waals surface area contributed by atoms with Crippen molar-refractivity contribution in [2.24, 2.45) is 0 Å². The molecule has 0 radical (unpaired) electrons. The Kier molecular flexibility index (Phi) is 4.67. The molecule has 0 fully saturated rings. The fourth-order valence-corrected chi connectivity index (χ4v) is 3.86. The van der Waals surface area contributed by atoms with Gasteiger partial charge in [0.15, 0.2) is 0 Å². The summed E-state index contributed by atoms with van der Waals surface area (Å²) in [5.74, 6) is -0.0223. The van der Waals surface area contributed by atoms with Crippen molar-refractivity contribution in [3.05, 3.63) is 37.1 Å². The first-order chi connectivity index (χ1) is 8.15. The van der Waals surface area contributed by atoms with E-state index in [1.807, 2.05) is 11.4 Å². The van der Waals surface area contributed by atoms with Gasteiger partial charge in [0.05, 0.1) is 8.66 Å². The zero-order chi connectivity index (χ0) is 12.3. The summed E-state index contributed by atoms with van der Waals surface area (Å²) in [5.41, 5.74) is 0. The number of carbonyl (C=O) groups excluding carboxylic acids is 1. The first-order valence-corrected chi connectivity index (χ1v) is 7.88. The maximum absolute atomic E-state index is 11.7. The van der Waals surface area contributed by atoms with Crippen molar-refractivity contribution in [3.8, 4) is 0 Å². The van der Waals surface area contributed by atoms with Gasteiger partial charge in [0, 0.05) is 21.7 Å². The molecule has 6 heteroatoms. The van der Waals surface area contributed by atoms with Gasteiger partial charge in [-0.3, -0.25) is 4.79 Å². The second kappa shape index (κ2) is 6.04. The van der Waals surface area contributed by atoms with Crippen LogP contribution in [0.2, 0.25) is 0 Å². The van der Waals surface area contributed by atoms with Gasteiger partial charge >= 0.3 is 0 Å². The molecule has 0 bridgehead atoms. The number of amides is 1. The maximum atomic E-state index is 11.7. The SMILES string of the molecule is O=C(NCCc1ccc(Br)s1)c1cc(S)cs1. The highest BCUT2D eigenvalue weighted by molar-refractivity contribution is 9.11. The fourth-order valence-electron chi connectivity index (χ4n) is 1.32. The van der Waals surface area contributed by atoms with Crippen LogP contribution in [0.4, 0.5) is 0 Å². The zero-order valence-corrected chi connectivity index (χ0v) is 12.9. The molecule has 2 aromatic heterocycles. The summed E-state index contributed by atoms with van der Waals surface area (Å²) >= 11 is 10.7. The van der Waals surface area contributed by atoms with E-state index in [4.69, 9.17) is 0 Å². The molecule has 17 heavy (non-hydrogen) atoms. The van der Waals surface area contributed by atoms with Gasteiger partial charge in [-0.2, -0.15) is 0 Å². The Morgan fingerprint density at radius 3 is 2.88 bits per heavy atom. The van der Waals surface area contributed by atoms with Gasteiger partial charge in [0.2, 0.25) is 0 Å². The maximum Gasteiger partial charge on any atom is 0.261 e. The molecule has 0 aliphatic carbocycles. The predicted octanol–water partition coefficient (Wildman–Crippen LogP) is 3.83. The monoisotopic (exact) mass is 347 g/mol. The second-order valence-electron chi connectivity index (χ2n) is 3.38. The Labute approximate surface area is 122 Å². The highest BCUT2D eigenvalue weighted by atomic mass is 79.9. The molecular formula is C11H10BrNOS3. The molecule has 0 aromatic carbocycles. The largest absolute Gasteiger partial charge is 0.351 e. The van der Waals surface area contributed by atoms with Crippen molar-refractivity contribution >= 4 is 57.1 Å². The van der Waals surface area contributed by atoms with E-state index < -0.39 is 0 Å². The van der Waals surface area contributed by atoms with Crippen LogP contribution in [0.3, 0.4) is 0 Å². The standard InChI is InChI=1S/C11H10BrNOS3/c12-10-2-1-8(17-10)3-4-13-11(14)9-5-7(15)6-16-9/h1-2,5-6,15H,3-4H2,(H,13,14). The van der Waals surface area contributed by atoms with Gasteiger partial charge in [-0.25, -0.2) is 0 Å². The second-order valence-corrected chi connectivity index (χ2v) is 7.36. The molecule has 1 N–H and O–H groups in total. The van der Waals surface area contributed by atoms with Crippen molar-refractivity contribution in [1.82, 2.24) is 5.32 Å². The van der Waals surface area contributed by atoms with Crippen LogP contribution >= 0.6 is 51.2 Å². The molecule has 0 saturated heterocycles. The molecule has 2 aromatic rings. The van der Waals surface area contributed by atoms with E-state index in [-0.39, 0.29) is 5.91 Å². The van der Waals surface area contributed by atoms with Crippen LogP contribution < -0.4 is 5.32 Å². The number of thiol groups is 1. The lowest BCUT2D eigenvalue weighted by atomic mass is 10.3. The van der Waals surface area contributed by atoms with E-state index in [1.165, 1.54) is 16.2 Å². The molecule has 0 atom stereocenters. The number of carbonyl (C=O) groups is 1. The Morgan fingerprint density at radius 2 is 2.29 bits per heavy atom. The molecule has 0 spiro atoms. The topological polar surface area (TPSA) is 29.1 Å². The summed E-state index contributed by atoms with van der Waals surface area (Å²) in [6.07, 6.45) is 0.862. The lowest BCUT2D eigenvalue weighted by Gasteiger charge is -2.01. The van der Waals surface area contributed by atoms with Crippen LogP contribution in [0.5, 0.6) is 0 Å². The molecule has 2 rings (SSSR count). The van der Waals surface area contributed by atoms with Gasteiger partial charge in [-0.15, -0.1) is 35.3 Å². The van der Waals surface area contributed by atoms with Crippen LogP contribution in [0.15, 0.2) is 32.3 Å². The Hall–Kier alpha value is -0.300. The number of hydrogen-bond donors (Lipinski definition) is 2. The lowest BCUT2D eigenvalue weighted by molar-refractivity contribution is 0.0958. The smallest absolute Gasteiger partial charge is 0.261 e. The lowest BCUT2D eigenvalue weighted by Crippen LogP contribution is -2.24. The number of nitrogens with one attached hydrogen (secondary N) is 1. The first kappa shape index (κ1) is 13.1. The quantitative estimate of drug-likeness (QED) is 0.808. The van der Waals surface area contributed by atoms with Crippen molar-refractivity contribution in [2.75, 3.05) is 6.54 Å². The van der Waals surface area contributed by atoms with E-state index >= 15 is 0 Å². The van der Waals surface area contributed by atoms with Crippen molar-refractivity contribution in [3.63, 3.8) is 0 Å². The highest BCUT2D eigenvalue weighted by Gasteiger charge is 2.07. The molecule has 1 amide bonds. The minimum Gasteiger partial charge on any atom is -0.351 e. The van der Waals surface area contributed by atoms with Crippen LogP contribution in [0.25, 0.3) is 0 Å². The van der Waals surface area contributed by atoms with Gasteiger partial charge in [0.25, 0.3) is 5.91 Å². The normalized spacial score (nSPS) is 10.5. The summed E-state index contributed by atoms with van der Waals surface area (Å²) in [6, 6.07) is 5.87. The van der Waals surface area contributed by atoms with E-state index in [1.54, 1.807) is 17.4 Å². The molecule has 0 unspecified atom stereocenters. The minimum atomic E-state index is -0.0223. The summed E-state index contributed by atoms with van der Waals surface area (Å²) < 4.78 is 1.12. The molecular weight excluding hydrogens is 338 g/mol. The van der Waals surface area contributed by atoms with E-state index in [0.717, 1.165) is 15.1 Å². The third-order valence-corrected chi connectivity index (χ3v) is 5.14. The average Bonchev–Trinajstić information content (AvgIpc) is 2.88. The fraction of sp³-hybridized carbons (Fsp3) is 0.182. The number of halogens is 1. The number of rotatable bonds is 4. The van der Waals surface area contributed by atoms with Gasteiger partial charge in [-0.1, -0.05) is 0 Å². The third-order valence-electron chi connectivity index (χ3n) is 2.10. The number of hydrogen-bond acceptors (Lipinski definition) is 4. The van der Waals surface area contributed by atoms with Crippen LogP contribution in [0.1, 0.15) is 14.5 Å². The van der Waals surface area contributed by atoms with E-state index in [9.17, 15) is 4.79 Å². The van der Waals surface area contributed by atoms with Gasteiger partial charge in [-0.05, 0) is 40.5 Å². The number of thiophene rings is 2. The molecule has 0 aliphatic heterocycles. The summed E-state index contributed by atoms with van der Waals surface area (Å²) in [7, 11) is 0. The van der Waals surface area contributed by atoms with Crippen molar-refractivity contribution in [1.29, 1.82) is 0 Å². The van der Waals surface area contributed by atoms with Crippen molar-refractivity contribution in [2.45, 2.75) is 11.3 Å². The van der Waals surface area contributed by atoms with E-state index in [0.29, 0.717) is 11.4 Å². The molecule has 90 valence electrons. The van der Waals surface area contributed by atoms with Crippen LogP contribution in [-0.4, -0.2) is 12.5 Å². The molecule has 2 heterocycles. The minimum absolute atomic E-state index is 0.0223. The Morgan fingerprint density at radius 1 is 1.47 bits per heavy atom. The Bertz CT molecular complexity index is 520. The van der Waals surface area contributed by atoms with E-state index in [2.05, 4.69) is 39.9 Å². The van der Waals surface area contributed by atoms with Gasteiger partial charge in [0.1, 0.15) is 0 Å². The first-order valence-electron chi connectivity index (χ1n) is 4.95. The summed E-state index contributed by atoms with van der Waals surface area (Å²) in [5, 5.41) is 4.75. The third kappa shape index (κ3) is 3.84. The Balaban J connectivity index is 1.81. The zero-order valence-electron chi connectivity index (χ0n) is 8.77. The molecule has 0 aliphatic rings. The summed E-state index contributed by atoms with van der Waals surface area (Å²) in [4.78, 5) is 14.5. The predicted molar refractivity (Wildman–Crippen MR) is 79.6 cm³/mol. The van der Waals surface area contributed by atoms with Crippen LogP contribution in [0, 0.1) is 0 Å². The summed E-state index contributed by atoms with van der Waals surface area (Å²) in [6.45, 7) is 0.658. The highest BCUT2D eigenvalue weighted by Crippen LogP contribution is 2.22.